The maximum absolute atomic E-state index is 11.2. The van der Waals surface area contributed by atoms with E-state index in [-0.39, 0.29) is 18.8 Å². The molecule has 0 N–H and O–H groups in total. The molecule has 0 aliphatic rings. The van der Waals surface area contributed by atoms with E-state index in [1.165, 1.54) is 6.92 Å². The van der Waals surface area contributed by atoms with Gasteiger partial charge < -0.3 is 14.2 Å². The molecule has 6 heteroatoms. The summed E-state index contributed by atoms with van der Waals surface area (Å²) >= 11 is 0. The molecule has 0 heterocycles. The number of hydrogen-bond acceptors (Lipinski definition) is 6. The third-order valence-corrected chi connectivity index (χ3v) is 1.38. The first-order chi connectivity index (χ1) is 7.51. The Labute approximate surface area is 93.2 Å². The van der Waals surface area contributed by atoms with Crippen LogP contribution in [0.15, 0.2) is 11.6 Å². The van der Waals surface area contributed by atoms with Crippen LogP contribution in [0.4, 0.5) is 4.79 Å². The third kappa shape index (κ3) is 5.79. The third-order valence-electron chi connectivity index (χ3n) is 1.38. The number of carbonyl (C=O) groups is 3. The number of ether oxygens (including phenoxy) is 3. The topological polar surface area (TPSA) is 78.9 Å². The smallest absolute Gasteiger partial charge is 0.463 e. The lowest BCUT2D eigenvalue weighted by molar-refractivity contribution is -0.139. The van der Waals surface area contributed by atoms with Gasteiger partial charge in [-0.2, -0.15) is 0 Å². The molecule has 0 rings (SSSR count). The van der Waals surface area contributed by atoms with Crippen molar-refractivity contribution in [2.45, 2.75) is 20.8 Å². The van der Waals surface area contributed by atoms with E-state index >= 15 is 0 Å². The average Bonchev–Trinajstić information content (AvgIpc) is 2.17. The molecule has 0 aromatic heterocycles. The molecule has 16 heavy (non-hydrogen) atoms. The Hall–Kier alpha value is -1.85. The summed E-state index contributed by atoms with van der Waals surface area (Å²) < 4.78 is 13.2. The monoisotopic (exact) mass is 230 g/mol. The SMILES string of the molecule is CCOC(=O)/C=C(\C)C(=O)OC(=O)OCC. The van der Waals surface area contributed by atoms with E-state index in [1.807, 2.05) is 0 Å². The van der Waals surface area contributed by atoms with Gasteiger partial charge in [0.25, 0.3) is 0 Å². The fourth-order valence-corrected chi connectivity index (χ4v) is 0.723. The van der Waals surface area contributed by atoms with E-state index in [4.69, 9.17) is 0 Å². The molecule has 0 aromatic carbocycles. The normalized spacial score (nSPS) is 10.6. The van der Waals surface area contributed by atoms with Crippen molar-refractivity contribution in [2.24, 2.45) is 0 Å². The Morgan fingerprint density at radius 3 is 2.12 bits per heavy atom. The maximum Gasteiger partial charge on any atom is 0.516 e. The van der Waals surface area contributed by atoms with Gasteiger partial charge in [0, 0.05) is 11.6 Å². The molecule has 0 aromatic rings. The molecule has 0 saturated heterocycles. The van der Waals surface area contributed by atoms with Crippen molar-refractivity contribution in [1.29, 1.82) is 0 Å². The molecular formula is C10H14O6. The molecule has 0 aliphatic carbocycles. The Balaban J connectivity index is 4.27. The predicted octanol–water partition coefficient (Wildman–Crippen LogP) is 1.20. The van der Waals surface area contributed by atoms with Gasteiger partial charge in [0.05, 0.1) is 13.2 Å². The second-order valence-corrected chi connectivity index (χ2v) is 2.65. The zero-order valence-electron chi connectivity index (χ0n) is 9.44. The first-order valence-electron chi connectivity index (χ1n) is 4.75. The molecule has 0 bridgehead atoms. The summed E-state index contributed by atoms with van der Waals surface area (Å²) in [5.74, 6) is -1.60. The second-order valence-electron chi connectivity index (χ2n) is 2.65. The van der Waals surface area contributed by atoms with Crippen molar-refractivity contribution in [1.82, 2.24) is 0 Å². The van der Waals surface area contributed by atoms with Crippen LogP contribution in [0.2, 0.25) is 0 Å². The number of rotatable bonds is 4. The summed E-state index contributed by atoms with van der Waals surface area (Å²) in [6.45, 7) is 4.85. The van der Waals surface area contributed by atoms with Crippen molar-refractivity contribution in [3.63, 3.8) is 0 Å². The van der Waals surface area contributed by atoms with E-state index < -0.39 is 18.1 Å². The first kappa shape index (κ1) is 14.2. The van der Waals surface area contributed by atoms with Gasteiger partial charge in [-0.05, 0) is 20.8 Å². The lowest BCUT2D eigenvalue weighted by Crippen LogP contribution is -2.15. The quantitative estimate of drug-likeness (QED) is 0.410. The molecule has 0 saturated carbocycles. The van der Waals surface area contributed by atoms with Crippen LogP contribution >= 0.6 is 0 Å². The molecule has 0 spiro atoms. The van der Waals surface area contributed by atoms with Crippen molar-refractivity contribution in [3.05, 3.63) is 11.6 Å². The summed E-state index contributed by atoms with van der Waals surface area (Å²) in [7, 11) is 0. The maximum atomic E-state index is 11.2. The van der Waals surface area contributed by atoms with Crippen molar-refractivity contribution >= 4 is 18.1 Å². The largest absolute Gasteiger partial charge is 0.516 e. The molecule has 0 amide bonds. The van der Waals surface area contributed by atoms with Gasteiger partial charge in [-0.15, -0.1) is 0 Å². The van der Waals surface area contributed by atoms with Crippen LogP contribution in [-0.4, -0.2) is 31.3 Å². The lowest BCUT2D eigenvalue weighted by Gasteiger charge is -2.02. The van der Waals surface area contributed by atoms with Gasteiger partial charge in [-0.3, -0.25) is 0 Å². The molecule has 0 atom stereocenters. The molecule has 0 radical (unpaired) electrons. The highest BCUT2D eigenvalue weighted by Crippen LogP contribution is 1.99. The van der Waals surface area contributed by atoms with Crippen LogP contribution < -0.4 is 0 Å². The standard InChI is InChI=1S/C10H14O6/c1-4-14-8(11)6-7(3)9(12)16-10(13)15-5-2/h6H,4-5H2,1-3H3/b7-6+. The zero-order valence-corrected chi connectivity index (χ0v) is 9.44. The van der Waals surface area contributed by atoms with E-state index in [0.717, 1.165) is 6.08 Å². The molecule has 0 fully saturated rings. The van der Waals surface area contributed by atoms with Crippen LogP contribution in [0.5, 0.6) is 0 Å². The van der Waals surface area contributed by atoms with Crippen LogP contribution in [-0.2, 0) is 23.8 Å². The van der Waals surface area contributed by atoms with E-state index in [2.05, 4.69) is 14.2 Å². The highest BCUT2D eigenvalue weighted by Gasteiger charge is 2.14. The van der Waals surface area contributed by atoms with E-state index in [9.17, 15) is 14.4 Å². The van der Waals surface area contributed by atoms with Crippen molar-refractivity contribution in [2.75, 3.05) is 13.2 Å². The van der Waals surface area contributed by atoms with Gasteiger partial charge in [0.15, 0.2) is 0 Å². The molecule has 0 unspecified atom stereocenters. The van der Waals surface area contributed by atoms with E-state index in [0.29, 0.717) is 0 Å². The fourth-order valence-electron chi connectivity index (χ4n) is 0.723. The summed E-state index contributed by atoms with van der Waals surface area (Å²) in [6, 6.07) is 0. The average molecular weight is 230 g/mol. The van der Waals surface area contributed by atoms with Gasteiger partial charge in [0.1, 0.15) is 0 Å². The number of hydrogen-bond donors (Lipinski definition) is 0. The highest BCUT2D eigenvalue weighted by atomic mass is 16.7. The minimum atomic E-state index is -1.09. The van der Waals surface area contributed by atoms with Gasteiger partial charge in [-0.25, -0.2) is 14.4 Å². The molecule has 90 valence electrons. The molecular weight excluding hydrogens is 216 g/mol. The minimum Gasteiger partial charge on any atom is -0.463 e. The predicted molar refractivity (Wildman–Crippen MR) is 53.5 cm³/mol. The Morgan fingerprint density at radius 1 is 1.06 bits per heavy atom. The lowest BCUT2D eigenvalue weighted by atomic mass is 10.3. The van der Waals surface area contributed by atoms with Crippen LogP contribution in [0.1, 0.15) is 20.8 Å². The van der Waals surface area contributed by atoms with Crippen LogP contribution in [0, 0.1) is 0 Å². The van der Waals surface area contributed by atoms with Gasteiger partial charge >= 0.3 is 18.1 Å². The second kappa shape index (κ2) is 7.44. The van der Waals surface area contributed by atoms with Crippen LogP contribution in [0.25, 0.3) is 0 Å². The summed E-state index contributed by atoms with van der Waals surface area (Å²) in [4.78, 5) is 32.9. The summed E-state index contributed by atoms with van der Waals surface area (Å²) in [6.07, 6.45) is -0.144. The van der Waals surface area contributed by atoms with Crippen LogP contribution in [0.3, 0.4) is 0 Å². The minimum absolute atomic E-state index is 0.0356. The Kier molecular flexibility index (Phi) is 6.58. The van der Waals surface area contributed by atoms with E-state index in [1.54, 1.807) is 13.8 Å². The Bertz CT molecular complexity index is 304. The molecule has 6 nitrogen and oxygen atoms in total. The summed E-state index contributed by atoms with van der Waals surface area (Å²) in [5, 5.41) is 0. The van der Waals surface area contributed by atoms with Gasteiger partial charge in [-0.1, -0.05) is 0 Å². The van der Waals surface area contributed by atoms with Gasteiger partial charge in [0.2, 0.25) is 0 Å². The fraction of sp³-hybridized carbons (Fsp3) is 0.500. The number of esters is 2. The number of carbonyl (C=O) groups excluding carboxylic acids is 3. The van der Waals surface area contributed by atoms with Crippen molar-refractivity contribution in [3.8, 4) is 0 Å². The highest BCUT2D eigenvalue weighted by molar-refractivity contribution is 5.99. The zero-order chi connectivity index (χ0) is 12.6. The molecule has 0 aliphatic heterocycles. The summed E-state index contributed by atoms with van der Waals surface area (Å²) in [5.41, 5.74) is -0.0356. The Morgan fingerprint density at radius 2 is 1.62 bits per heavy atom. The van der Waals surface area contributed by atoms with Crippen molar-refractivity contribution < 1.29 is 28.6 Å². The first-order valence-corrected chi connectivity index (χ1v) is 4.75.